The molecule has 2 nitrogen and oxygen atoms in total. The molecular formula is C12H16Cl2N2. The van der Waals surface area contributed by atoms with Gasteiger partial charge < -0.3 is 0 Å². The second kappa shape index (κ2) is 5.35. The van der Waals surface area contributed by atoms with E-state index in [2.05, 4.69) is 16.9 Å². The van der Waals surface area contributed by atoms with Crippen LogP contribution in [0.2, 0.25) is 10.3 Å². The van der Waals surface area contributed by atoms with Crippen molar-refractivity contribution < 1.29 is 0 Å². The SMILES string of the molecule is CN(Cc1ccc(Cl)nc1Cl)C1CCCC1. The van der Waals surface area contributed by atoms with Crippen LogP contribution in [0.3, 0.4) is 0 Å². The van der Waals surface area contributed by atoms with Crippen LogP contribution in [0.25, 0.3) is 0 Å². The molecule has 0 amide bonds. The maximum absolute atomic E-state index is 6.06. The van der Waals surface area contributed by atoms with Crippen molar-refractivity contribution in [3.8, 4) is 0 Å². The van der Waals surface area contributed by atoms with Gasteiger partial charge in [0.15, 0.2) is 0 Å². The minimum atomic E-state index is 0.456. The van der Waals surface area contributed by atoms with Gasteiger partial charge in [-0.3, -0.25) is 4.90 Å². The minimum absolute atomic E-state index is 0.456. The first-order chi connectivity index (χ1) is 7.66. The van der Waals surface area contributed by atoms with Gasteiger partial charge in [-0.2, -0.15) is 0 Å². The van der Waals surface area contributed by atoms with Crippen LogP contribution in [0.1, 0.15) is 31.2 Å². The van der Waals surface area contributed by atoms with Gasteiger partial charge >= 0.3 is 0 Å². The molecule has 0 N–H and O–H groups in total. The Bertz CT molecular complexity index is 362. The van der Waals surface area contributed by atoms with Crippen molar-refractivity contribution in [2.24, 2.45) is 0 Å². The molecule has 16 heavy (non-hydrogen) atoms. The second-order valence-corrected chi connectivity index (χ2v) is 5.18. The van der Waals surface area contributed by atoms with Crippen molar-refractivity contribution in [1.82, 2.24) is 9.88 Å². The van der Waals surface area contributed by atoms with Gasteiger partial charge in [0.25, 0.3) is 0 Å². The number of rotatable bonds is 3. The average molecular weight is 259 g/mol. The quantitative estimate of drug-likeness (QED) is 0.768. The molecule has 0 spiro atoms. The molecule has 1 fully saturated rings. The van der Waals surface area contributed by atoms with Crippen LogP contribution in [-0.2, 0) is 6.54 Å². The third-order valence-corrected chi connectivity index (χ3v) is 3.80. The fourth-order valence-corrected chi connectivity index (χ4v) is 2.71. The summed E-state index contributed by atoms with van der Waals surface area (Å²) < 4.78 is 0. The van der Waals surface area contributed by atoms with Gasteiger partial charge in [0.2, 0.25) is 0 Å². The van der Waals surface area contributed by atoms with E-state index in [4.69, 9.17) is 23.2 Å². The average Bonchev–Trinajstić information content (AvgIpc) is 2.75. The van der Waals surface area contributed by atoms with E-state index >= 15 is 0 Å². The maximum Gasteiger partial charge on any atom is 0.135 e. The van der Waals surface area contributed by atoms with Crippen LogP contribution in [0.5, 0.6) is 0 Å². The van der Waals surface area contributed by atoms with Crippen molar-refractivity contribution in [2.75, 3.05) is 7.05 Å². The summed E-state index contributed by atoms with van der Waals surface area (Å²) in [6.07, 6.45) is 5.30. The maximum atomic E-state index is 6.06. The zero-order valence-corrected chi connectivity index (χ0v) is 10.9. The van der Waals surface area contributed by atoms with Crippen molar-refractivity contribution in [3.05, 3.63) is 28.0 Å². The summed E-state index contributed by atoms with van der Waals surface area (Å²) in [4.78, 5) is 6.42. The zero-order chi connectivity index (χ0) is 11.5. The lowest BCUT2D eigenvalue weighted by Crippen LogP contribution is -2.28. The van der Waals surface area contributed by atoms with E-state index in [9.17, 15) is 0 Å². The van der Waals surface area contributed by atoms with Gasteiger partial charge in [0.05, 0.1) is 0 Å². The molecule has 0 aromatic carbocycles. The standard InChI is InChI=1S/C12H16Cl2N2/c1-16(10-4-2-3-5-10)8-9-6-7-11(13)15-12(9)14/h6-7,10H,2-5,8H2,1H3. The summed E-state index contributed by atoms with van der Waals surface area (Å²) in [5.74, 6) is 0. The van der Waals surface area contributed by atoms with Crippen LogP contribution in [0.4, 0.5) is 0 Å². The van der Waals surface area contributed by atoms with Gasteiger partial charge in [0, 0.05) is 18.2 Å². The second-order valence-electron chi connectivity index (χ2n) is 4.44. The number of hydrogen-bond donors (Lipinski definition) is 0. The van der Waals surface area contributed by atoms with Gasteiger partial charge in [-0.25, -0.2) is 4.98 Å². The number of hydrogen-bond acceptors (Lipinski definition) is 2. The molecule has 1 aliphatic rings. The Labute approximate surface area is 107 Å². The minimum Gasteiger partial charge on any atom is -0.299 e. The van der Waals surface area contributed by atoms with Gasteiger partial charge in [-0.15, -0.1) is 0 Å². The molecule has 1 saturated carbocycles. The molecule has 1 heterocycles. The topological polar surface area (TPSA) is 16.1 Å². The summed E-state index contributed by atoms with van der Waals surface area (Å²) in [5.41, 5.74) is 1.06. The third kappa shape index (κ3) is 2.88. The highest BCUT2D eigenvalue weighted by molar-refractivity contribution is 6.32. The Kier molecular flexibility index (Phi) is 4.06. The predicted octanol–water partition coefficient (Wildman–Crippen LogP) is 3.76. The first-order valence-corrected chi connectivity index (χ1v) is 6.43. The molecule has 4 heteroatoms. The highest BCUT2D eigenvalue weighted by atomic mass is 35.5. The number of nitrogens with zero attached hydrogens (tertiary/aromatic N) is 2. The van der Waals surface area contributed by atoms with Crippen molar-refractivity contribution in [2.45, 2.75) is 38.3 Å². The monoisotopic (exact) mass is 258 g/mol. The zero-order valence-electron chi connectivity index (χ0n) is 9.42. The Balaban J connectivity index is 2.02. The normalized spacial score (nSPS) is 17.2. The van der Waals surface area contributed by atoms with E-state index < -0.39 is 0 Å². The van der Waals surface area contributed by atoms with E-state index in [0.29, 0.717) is 16.3 Å². The van der Waals surface area contributed by atoms with Gasteiger partial charge in [-0.1, -0.05) is 42.1 Å². The van der Waals surface area contributed by atoms with Crippen LogP contribution >= 0.6 is 23.2 Å². The molecule has 0 aliphatic heterocycles. The molecule has 1 aromatic heterocycles. The van der Waals surface area contributed by atoms with Gasteiger partial charge in [-0.05, 0) is 26.0 Å². The molecule has 0 atom stereocenters. The summed E-state index contributed by atoms with van der Waals surface area (Å²) in [7, 11) is 2.15. The molecule has 1 aromatic rings. The summed E-state index contributed by atoms with van der Waals surface area (Å²) in [6.45, 7) is 0.855. The summed E-state index contributed by atoms with van der Waals surface area (Å²) >= 11 is 11.8. The highest BCUT2D eigenvalue weighted by Crippen LogP contribution is 2.25. The number of halogens is 2. The Morgan fingerprint density at radius 1 is 1.31 bits per heavy atom. The molecule has 0 unspecified atom stereocenters. The third-order valence-electron chi connectivity index (χ3n) is 3.26. The van der Waals surface area contributed by atoms with Crippen LogP contribution in [0.15, 0.2) is 12.1 Å². The first-order valence-electron chi connectivity index (χ1n) is 5.68. The molecule has 0 saturated heterocycles. The smallest absolute Gasteiger partial charge is 0.135 e. The number of aromatic nitrogens is 1. The Morgan fingerprint density at radius 3 is 2.62 bits per heavy atom. The summed E-state index contributed by atoms with van der Waals surface area (Å²) in [6, 6.07) is 4.46. The van der Waals surface area contributed by atoms with E-state index in [1.54, 1.807) is 6.07 Å². The fourth-order valence-electron chi connectivity index (χ4n) is 2.30. The van der Waals surface area contributed by atoms with E-state index in [-0.39, 0.29) is 0 Å². The van der Waals surface area contributed by atoms with Crippen LogP contribution < -0.4 is 0 Å². The Morgan fingerprint density at radius 2 is 2.00 bits per heavy atom. The fraction of sp³-hybridized carbons (Fsp3) is 0.583. The van der Waals surface area contributed by atoms with Crippen LogP contribution in [-0.4, -0.2) is 23.0 Å². The van der Waals surface area contributed by atoms with Gasteiger partial charge in [0.1, 0.15) is 10.3 Å². The Hall–Kier alpha value is -0.310. The highest BCUT2D eigenvalue weighted by Gasteiger charge is 2.20. The van der Waals surface area contributed by atoms with Crippen LogP contribution in [0, 0.1) is 0 Å². The molecular weight excluding hydrogens is 243 g/mol. The molecule has 0 radical (unpaired) electrons. The van der Waals surface area contributed by atoms with Crippen molar-refractivity contribution in [1.29, 1.82) is 0 Å². The predicted molar refractivity (Wildman–Crippen MR) is 68.0 cm³/mol. The largest absolute Gasteiger partial charge is 0.299 e. The van der Waals surface area contributed by atoms with Crippen molar-refractivity contribution >= 4 is 23.2 Å². The molecule has 1 aliphatic carbocycles. The molecule has 88 valence electrons. The lowest BCUT2D eigenvalue weighted by molar-refractivity contribution is 0.237. The molecule has 0 bridgehead atoms. The summed E-state index contributed by atoms with van der Waals surface area (Å²) in [5, 5.41) is 0.981. The lowest BCUT2D eigenvalue weighted by Gasteiger charge is -2.24. The molecule has 2 rings (SSSR count). The van der Waals surface area contributed by atoms with E-state index in [1.807, 2.05) is 6.07 Å². The van der Waals surface area contributed by atoms with E-state index in [0.717, 1.165) is 12.1 Å². The van der Waals surface area contributed by atoms with Crippen molar-refractivity contribution in [3.63, 3.8) is 0 Å². The van der Waals surface area contributed by atoms with E-state index in [1.165, 1.54) is 25.7 Å². The lowest BCUT2D eigenvalue weighted by atomic mass is 10.2. The first kappa shape index (κ1) is 12.2. The number of pyridine rings is 1.